The molecule has 0 bridgehead atoms. The van der Waals surface area contributed by atoms with E-state index in [1.165, 1.54) is 11.1 Å². The van der Waals surface area contributed by atoms with Crippen LogP contribution in [0.15, 0.2) is 66.7 Å². The van der Waals surface area contributed by atoms with E-state index < -0.39 is 0 Å². The highest BCUT2D eigenvalue weighted by atomic mass is 16.5. The quantitative estimate of drug-likeness (QED) is 0.137. The summed E-state index contributed by atoms with van der Waals surface area (Å²) in [5.74, 6) is 3.91. The van der Waals surface area contributed by atoms with Crippen LogP contribution in [0, 0.1) is 0 Å². The van der Waals surface area contributed by atoms with Crippen molar-refractivity contribution in [2.24, 2.45) is 0 Å². The molecule has 0 aliphatic rings. The highest BCUT2D eigenvalue weighted by molar-refractivity contribution is 5.78. The fraction of sp³-hybridized carbons (Fsp3) is 0.429. The summed E-state index contributed by atoms with van der Waals surface area (Å²) in [6, 6.07) is 22.4. The van der Waals surface area contributed by atoms with Gasteiger partial charge in [0.25, 0.3) is 0 Å². The molecule has 4 aromatic rings. The van der Waals surface area contributed by atoms with Gasteiger partial charge in [-0.3, -0.25) is 4.79 Å². The molecule has 42 heavy (non-hydrogen) atoms. The molecular weight excluding hydrogens is 526 g/mol. The largest absolute Gasteiger partial charge is 0.494 e. The minimum Gasteiger partial charge on any atom is -0.494 e. The number of methoxy groups -OCH3 is 2. The van der Waals surface area contributed by atoms with Crippen LogP contribution in [0.1, 0.15) is 68.8 Å². The van der Waals surface area contributed by atoms with E-state index in [4.69, 9.17) is 19.2 Å². The molecule has 7 nitrogen and oxygen atoms in total. The predicted molar refractivity (Wildman–Crippen MR) is 169 cm³/mol. The number of nitrogens with zero attached hydrogens (tertiary/aromatic N) is 2. The molecule has 0 aliphatic heterocycles. The van der Waals surface area contributed by atoms with Crippen molar-refractivity contribution in [2.75, 3.05) is 27.4 Å². The van der Waals surface area contributed by atoms with E-state index in [-0.39, 0.29) is 5.91 Å². The van der Waals surface area contributed by atoms with E-state index in [0.717, 1.165) is 67.7 Å². The van der Waals surface area contributed by atoms with Crippen molar-refractivity contribution in [1.82, 2.24) is 14.9 Å². The highest BCUT2D eigenvalue weighted by Gasteiger charge is 2.11. The number of aryl methyl sites for hydroxylation is 2. The van der Waals surface area contributed by atoms with Gasteiger partial charge in [0, 0.05) is 19.5 Å². The minimum atomic E-state index is 0.0144. The van der Waals surface area contributed by atoms with Gasteiger partial charge in [-0.05, 0) is 79.1 Å². The Kier molecular flexibility index (Phi) is 11.7. The van der Waals surface area contributed by atoms with Crippen LogP contribution in [0.5, 0.6) is 17.2 Å². The molecule has 1 amide bonds. The first kappa shape index (κ1) is 30.9. The maximum Gasteiger partial charge on any atom is 0.224 e. The fourth-order valence-electron chi connectivity index (χ4n) is 5.13. The van der Waals surface area contributed by atoms with E-state index in [0.29, 0.717) is 37.0 Å². The van der Waals surface area contributed by atoms with Crippen LogP contribution < -0.4 is 19.5 Å². The Morgan fingerprint density at radius 1 is 0.881 bits per heavy atom. The Morgan fingerprint density at radius 2 is 1.67 bits per heavy atom. The maximum atomic E-state index is 12.4. The number of hydrogen-bond donors (Lipinski definition) is 1. The van der Waals surface area contributed by atoms with E-state index in [2.05, 4.69) is 66.2 Å². The number of benzene rings is 3. The van der Waals surface area contributed by atoms with E-state index in [1.54, 1.807) is 14.2 Å². The van der Waals surface area contributed by atoms with Gasteiger partial charge in [0.1, 0.15) is 11.6 Å². The monoisotopic (exact) mass is 571 g/mol. The molecule has 1 heterocycles. The van der Waals surface area contributed by atoms with E-state index in [9.17, 15) is 4.79 Å². The molecule has 0 saturated heterocycles. The second kappa shape index (κ2) is 15.9. The van der Waals surface area contributed by atoms with Crippen LogP contribution in [0.3, 0.4) is 0 Å². The predicted octanol–water partition coefficient (Wildman–Crippen LogP) is 7.11. The number of aromatic nitrogens is 2. The zero-order valence-corrected chi connectivity index (χ0v) is 25.5. The number of unbranched alkanes of at least 4 members (excludes halogenated alkanes) is 3. The van der Waals surface area contributed by atoms with Gasteiger partial charge in [-0.2, -0.15) is 0 Å². The van der Waals surface area contributed by atoms with Crippen LogP contribution in [0.25, 0.3) is 11.0 Å². The normalized spacial score (nSPS) is 11.2. The third kappa shape index (κ3) is 8.75. The summed E-state index contributed by atoms with van der Waals surface area (Å²) in [7, 11) is 3.20. The maximum absolute atomic E-state index is 12.4. The molecule has 4 rings (SSSR count). The standard InChI is InChI=1S/C35H45N3O4/c1-26(2)28-16-18-29(19-17-28)42-23-11-10-22-38-31-13-8-7-12-30(31)37-34(38)14-6-5-9-21-36-35(39)25-27-15-20-32(40-3)33(24-27)41-4/h7-8,12-13,15-20,24,26H,5-6,9-11,14,21-23,25H2,1-4H3,(H,36,39). The summed E-state index contributed by atoms with van der Waals surface area (Å²) in [6.07, 6.45) is 6.26. The van der Waals surface area contributed by atoms with Gasteiger partial charge in [-0.1, -0.05) is 50.6 Å². The first-order chi connectivity index (χ1) is 20.5. The van der Waals surface area contributed by atoms with Crippen LogP contribution >= 0.6 is 0 Å². The van der Waals surface area contributed by atoms with Crippen LogP contribution in [0.2, 0.25) is 0 Å². The van der Waals surface area contributed by atoms with Crippen LogP contribution in [-0.4, -0.2) is 42.8 Å². The van der Waals surface area contributed by atoms with Gasteiger partial charge in [0.05, 0.1) is 38.3 Å². The summed E-state index contributed by atoms with van der Waals surface area (Å²) >= 11 is 0. The number of nitrogens with one attached hydrogen (secondary N) is 1. The average Bonchev–Trinajstić information content (AvgIpc) is 3.36. The number of hydrogen-bond acceptors (Lipinski definition) is 5. The number of para-hydroxylation sites is 2. The molecular formula is C35H45N3O4. The molecule has 0 atom stereocenters. The Balaban J connectivity index is 1.18. The fourth-order valence-corrected chi connectivity index (χ4v) is 5.13. The lowest BCUT2D eigenvalue weighted by atomic mass is 10.0. The molecule has 0 saturated carbocycles. The molecule has 0 spiro atoms. The molecule has 224 valence electrons. The first-order valence-electron chi connectivity index (χ1n) is 15.1. The van der Waals surface area contributed by atoms with Gasteiger partial charge in [0.2, 0.25) is 5.91 Å². The lowest BCUT2D eigenvalue weighted by Gasteiger charge is -2.11. The Bertz CT molecular complexity index is 1410. The number of carbonyl (C=O) groups is 1. The van der Waals surface area contributed by atoms with Gasteiger partial charge in [-0.25, -0.2) is 4.98 Å². The van der Waals surface area contributed by atoms with Gasteiger partial charge in [-0.15, -0.1) is 0 Å². The van der Waals surface area contributed by atoms with Crippen molar-refractivity contribution in [2.45, 2.75) is 71.3 Å². The molecule has 7 heteroatoms. The van der Waals surface area contributed by atoms with Crippen molar-refractivity contribution in [3.05, 3.63) is 83.7 Å². The van der Waals surface area contributed by atoms with Crippen LogP contribution in [-0.2, 0) is 24.2 Å². The lowest BCUT2D eigenvalue weighted by molar-refractivity contribution is -0.120. The first-order valence-corrected chi connectivity index (χ1v) is 15.1. The molecule has 0 unspecified atom stereocenters. The molecule has 0 aliphatic carbocycles. The van der Waals surface area contributed by atoms with E-state index in [1.807, 2.05) is 24.3 Å². The molecule has 1 N–H and O–H groups in total. The number of rotatable bonds is 17. The summed E-state index contributed by atoms with van der Waals surface area (Å²) in [5.41, 5.74) is 4.48. The van der Waals surface area contributed by atoms with Crippen LogP contribution in [0.4, 0.5) is 0 Å². The number of fused-ring (bicyclic) bond motifs is 1. The minimum absolute atomic E-state index is 0.0144. The summed E-state index contributed by atoms with van der Waals surface area (Å²) in [4.78, 5) is 17.4. The molecule has 0 fully saturated rings. The van der Waals surface area contributed by atoms with Crippen molar-refractivity contribution in [3.63, 3.8) is 0 Å². The number of carbonyl (C=O) groups excluding carboxylic acids is 1. The number of ether oxygens (including phenoxy) is 3. The van der Waals surface area contributed by atoms with Gasteiger partial charge < -0.3 is 24.1 Å². The molecule has 3 aromatic carbocycles. The molecule has 0 radical (unpaired) electrons. The lowest BCUT2D eigenvalue weighted by Crippen LogP contribution is -2.26. The third-order valence-corrected chi connectivity index (χ3v) is 7.54. The Hall–Kier alpha value is -4.00. The topological polar surface area (TPSA) is 74.6 Å². The second-order valence-corrected chi connectivity index (χ2v) is 11.0. The van der Waals surface area contributed by atoms with Gasteiger partial charge >= 0.3 is 0 Å². The Morgan fingerprint density at radius 3 is 2.43 bits per heavy atom. The summed E-state index contributed by atoms with van der Waals surface area (Å²) in [5, 5.41) is 3.04. The zero-order valence-electron chi connectivity index (χ0n) is 25.5. The third-order valence-electron chi connectivity index (χ3n) is 7.54. The number of imidazole rings is 1. The van der Waals surface area contributed by atoms with E-state index >= 15 is 0 Å². The van der Waals surface area contributed by atoms with Crippen molar-refractivity contribution in [3.8, 4) is 17.2 Å². The molecule has 1 aromatic heterocycles. The highest BCUT2D eigenvalue weighted by Crippen LogP contribution is 2.27. The zero-order chi connectivity index (χ0) is 29.7. The summed E-state index contributed by atoms with van der Waals surface area (Å²) in [6.45, 7) is 6.71. The van der Waals surface area contributed by atoms with Gasteiger partial charge in [0.15, 0.2) is 11.5 Å². The Labute approximate surface area is 250 Å². The summed E-state index contributed by atoms with van der Waals surface area (Å²) < 4.78 is 19.0. The van der Waals surface area contributed by atoms with Crippen molar-refractivity contribution >= 4 is 16.9 Å². The smallest absolute Gasteiger partial charge is 0.224 e. The average molecular weight is 572 g/mol. The number of amides is 1. The second-order valence-electron chi connectivity index (χ2n) is 11.0. The van der Waals surface area contributed by atoms with Crippen molar-refractivity contribution < 1.29 is 19.0 Å². The van der Waals surface area contributed by atoms with Crippen molar-refractivity contribution in [1.29, 1.82) is 0 Å². The SMILES string of the molecule is COc1ccc(CC(=O)NCCCCCc2nc3ccccc3n2CCCCOc2ccc(C(C)C)cc2)cc1OC.